The van der Waals surface area contributed by atoms with E-state index in [1.165, 1.54) is 13.2 Å². The Balaban J connectivity index is 2.16. The number of hydrogen-bond acceptors (Lipinski definition) is 4. The first-order valence-electron chi connectivity index (χ1n) is 6.22. The number of methoxy groups -OCH3 is 1. The summed E-state index contributed by atoms with van der Waals surface area (Å²) < 4.78 is 5.12. The minimum atomic E-state index is -0.788. The Bertz CT molecular complexity index is 403. The highest BCUT2D eigenvalue weighted by Gasteiger charge is 2.30. The predicted octanol–water partition coefficient (Wildman–Crippen LogP) is 0.0133. The second-order valence-corrected chi connectivity index (χ2v) is 5.04. The van der Waals surface area contributed by atoms with Crippen molar-refractivity contribution in [2.75, 3.05) is 20.2 Å². The Hall–Kier alpha value is -1.33. The number of likely N-dealkylation sites (tertiary alicyclic amines) is 1. The van der Waals surface area contributed by atoms with Crippen molar-refractivity contribution in [3.05, 3.63) is 23.4 Å². The van der Waals surface area contributed by atoms with Crippen LogP contribution in [0.1, 0.15) is 13.3 Å². The number of carbonyl (C=O) groups is 1. The minimum Gasteiger partial charge on any atom is -0.398 e. The summed E-state index contributed by atoms with van der Waals surface area (Å²) in [6, 6.07) is 0. The molecule has 0 spiro atoms. The Morgan fingerprint density at radius 2 is 2.28 bits per heavy atom. The maximum atomic E-state index is 12.3. The first-order valence-corrected chi connectivity index (χ1v) is 6.22. The largest absolute Gasteiger partial charge is 0.398 e. The maximum absolute atomic E-state index is 12.3. The molecule has 5 nitrogen and oxygen atoms in total. The molecule has 1 heterocycles. The summed E-state index contributed by atoms with van der Waals surface area (Å²) in [6.07, 6.45) is 2.82. The van der Waals surface area contributed by atoms with Crippen LogP contribution in [0.3, 0.4) is 0 Å². The van der Waals surface area contributed by atoms with E-state index in [1.807, 2.05) is 4.90 Å². The van der Waals surface area contributed by atoms with Crippen molar-refractivity contribution < 1.29 is 14.6 Å². The van der Waals surface area contributed by atoms with Gasteiger partial charge in [0.05, 0.1) is 5.57 Å². The summed E-state index contributed by atoms with van der Waals surface area (Å²) in [5.41, 5.74) is 6.60. The molecule has 1 aliphatic carbocycles. The van der Waals surface area contributed by atoms with E-state index in [4.69, 9.17) is 10.5 Å². The molecule has 0 aromatic heterocycles. The van der Waals surface area contributed by atoms with E-state index in [9.17, 15) is 9.90 Å². The molecular weight excluding hydrogens is 232 g/mol. The molecule has 0 aromatic carbocycles. The van der Waals surface area contributed by atoms with E-state index in [-0.39, 0.29) is 5.91 Å². The van der Waals surface area contributed by atoms with E-state index < -0.39 is 12.2 Å². The molecule has 5 heteroatoms. The van der Waals surface area contributed by atoms with Crippen LogP contribution in [0.5, 0.6) is 0 Å². The van der Waals surface area contributed by atoms with Gasteiger partial charge >= 0.3 is 0 Å². The second-order valence-electron chi connectivity index (χ2n) is 5.04. The van der Waals surface area contributed by atoms with Crippen LogP contribution in [0.15, 0.2) is 23.4 Å². The van der Waals surface area contributed by atoms with Gasteiger partial charge in [0.2, 0.25) is 0 Å². The van der Waals surface area contributed by atoms with Crippen LogP contribution in [-0.4, -0.2) is 48.3 Å². The van der Waals surface area contributed by atoms with Gasteiger partial charge in [-0.05, 0) is 24.5 Å². The number of nitrogens with zero attached hydrogens (tertiary/aromatic N) is 1. The van der Waals surface area contributed by atoms with E-state index in [0.29, 0.717) is 17.2 Å². The van der Waals surface area contributed by atoms with Crippen molar-refractivity contribution in [2.45, 2.75) is 25.6 Å². The fraction of sp³-hybridized carbons (Fsp3) is 0.615. The lowest BCUT2D eigenvalue weighted by Gasteiger charge is -2.25. The average Bonchev–Trinajstić information content (AvgIpc) is 2.75. The smallest absolute Gasteiger partial charge is 0.255 e. The van der Waals surface area contributed by atoms with Gasteiger partial charge in [-0.1, -0.05) is 6.92 Å². The number of aliphatic hydroxyl groups excluding tert-OH is 1. The number of hydrogen-bond donors (Lipinski definition) is 2. The van der Waals surface area contributed by atoms with Crippen molar-refractivity contribution in [1.29, 1.82) is 0 Å². The monoisotopic (exact) mass is 252 g/mol. The highest BCUT2D eigenvalue weighted by atomic mass is 16.5. The summed E-state index contributed by atoms with van der Waals surface area (Å²) in [5, 5.41) is 9.70. The molecule has 100 valence electrons. The number of carbonyl (C=O) groups excluding carboxylic acids is 1. The van der Waals surface area contributed by atoms with Crippen LogP contribution in [0.25, 0.3) is 0 Å². The van der Waals surface area contributed by atoms with Crippen molar-refractivity contribution in [1.82, 2.24) is 4.90 Å². The van der Waals surface area contributed by atoms with Crippen molar-refractivity contribution in [2.24, 2.45) is 11.7 Å². The molecular formula is C13H20N2O3. The Kier molecular flexibility index (Phi) is 3.73. The van der Waals surface area contributed by atoms with Gasteiger partial charge in [-0.15, -0.1) is 0 Å². The topological polar surface area (TPSA) is 75.8 Å². The molecule has 3 unspecified atom stereocenters. The van der Waals surface area contributed by atoms with Crippen LogP contribution in [0.4, 0.5) is 0 Å². The minimum absolute atomic E-state index is 0.0675. The molecule has 0 bridgehead atoms. The molecule has 2 rings (SSSR count). The summed E-state index contributed by atoms with van der Waals surface area (Å²) >= 11 is 0. The molecule has 0 radical (unpaired) electrons. The van der Waals surface area contributed by atoms with Gasteiger partial charge in [0.1, 0.15) is 12.2 Å². The predicted molar refractivity (Wildman–Crippen MR) is 67.5 cm³/mol. The highest BCUT2D eigenvalue weighted by Crippen LogP contribution is 2.23. The maximum Gasteiger partial charge on any atom is 0.255 e. The Morgan fingerprint density at radius 1 is 1.56 bits per heavy atom. The fourth-order valence-electron chi connectivity index (χ4n) is 2.42. The highest BCUT2D eigenvalue weighted by molar-refractivity contribution is 5.98. The Morgan fingerprint density at radius 3 is 2.83 bits per heavy atom. The summed E-state index contributed by atoms with van der Waals surface area (Å²) in [4.78, 5) is 14.1. The number of aliphatic hydroxyl groups is 1. The van der Waals surface area contributed by atoms with Gasteiger partial charge in [-0.25, -0.2) is 0 Å². The first kappa shape index (κ1) is 13.1. The van der Waals surface area contributed by atoms with E-state index in [1.54, 1.807) is 6.08 Å². The van der Waals surface area contributed by atoms with Crippen LogP contribution in [0.2, 0.25) is 0 Å². The van der Waals surface area contributed by atoms with Crippen LogP contribution < -0.4 is 5.73 Å². The second kappa shape index (κ2) is 5.12. The van der Waals surface area contributed by atoms with E-state index in [2.05, 4.69) is 6.92 Å². The molecule has 2 aliphatic rings. The molecule has 0 aromatic rings. The number of rotatable bonds is 2. The third-order valence-corrected chi connectivity index (χ3v) is 3.54. The van der Waals surface area contributed by atoms with E-state index >= 15 is 0 Å². The van der Waals surface area contributed by atoms with Gasteiger partial charge in [0.25, 0.3) is 5.91 Å². The van der Waals surface area contributed by atoms with Crippen molar-refractivity contribution in [3.63, 3.8) is 0 Å². The Labute approximate surface area is 107 Å². The molecule has 1 aliphatic heterocycles. The zero-order valence-electron chi connectivity index (χ0n) is 10.8. The third-order valence-electron chi connectivity index (χ3n) is 3.54. The molecule has 3 N–H and O–H groups in total. The summed E-state index contributed by atoms with van der Waals surface area (Å²) in [5.74, 6) is 0.467. The van der Waals surface area contributed by atoms with E-state index in [0.717, 1.165) is 19.5 Å². The molecule has 3 atom stereocenters. The lowest BCUT2D eigenvalue weighted by atomic mass is 9.98. The zero-order chi connectivity index (χ0) is 13.3. The lowest BCUT2D eigenvalue weighted by molar-refractivity contribution is -0.126. The molecule has 1 amide bonds. The van der Waals surface area contributed by atoms with Gasteiger partial charge < -0.3 is 20.5 Å². The van der Waals surface area contributed by atoms with Crippen LogP contribution >= 0.6 is 0 Å². The quantitative estimate of drug-likeness (QED) is 0.726. The van der Waals surface area contributed by atoms with Gasteiger partial charge in [0, 0.05) is 25.9 Å². The summed E-state index contributed by atoms with van der Waals surface area (Å²) in [7, 11) is 1.50. The molecule has 18 heavy (non-hydrogen) atoms. The van der Waals surface area contributed by atoms with Gasteiger partial charge in [0.15, 0.2) is 0 Å². The lowest BCUT2D eigenvalue weighted by Crippen LogP contribution is -2.36. The zero-order valence-corrected chi connectivity index (χ0v) is 10.8. The van der Waals surface area contributed by atoms with Crippen molar-refractivity contribution >= 4 is 5.91 Å². The standard InChI is InChI=1S/C13H20N2O3/c1-8-3-4-15(7-8)13(17)9-5-12(18-2)11(16)6-10(9)14/h5-6,8,11-12,16H,3-4,7,14H2,1-2H3. The molecule has 1 fully saturated rings. The normalized spacial score (nSPS) is 32.2. The van der Waals surface area contributed by atoms with Crippen LogP contribution in [0, 0.1) is 5.92 Å². The number of nitrogens with two attached hydrogens (primary N) is 1. The fourth-order valence-corrected chi connectivity index (χ4v) is 2.42. The number of amides is 1. The van der Waals surface area contributed by atoms with Gasteiger partial charge in [-0.2, -0.15) is 0 Å². The molecule has 1 saturated heterocycles. The summed E-state index contributed by atoms with van der Waals surface area (Å²) in [6.45, 7) is 3.66. The molecule has 0 saturated carbocycles. The van der Waals surface area contributed by atoms with Crippen LogP contribution in [-0.2, 0) is 9.53 Å². The van der Waals surface area contributed by atoms with Gasteiger partial charge in [-0.3, -0.25) is 4.79 Å². The first-order chi connectivity index (χ1) is 8.52. The number of ether oxygens (including phenoxy) is 1. The SMILES string of the molecule is COC1C=C(C(=O)N2CCC(C)C2)C(N)=CC1O. The third kappa shape index (κ3) is 2.42. The average molecular weight is 252 g/mol. The van der Waals surface area contributed by atoms with Crippen molar-refractivity contribution in [3.8, 4) is 0 Å².